The van der Waals surface area contributed by atoms with Gasteiger partial charge in [-0.25, -0.2) is 0 Å². The highest BCUT2D eigenvalue weighted by Gasteiger charge is 2.31. The van der Waals surface area contributed by atoms with E-state index in [-0.39, 0.29) is 40.4 Å². The van der Waals surface area contributed by atoms with Crippen LogP contribution in [0.1, 0.15) is 43.4 Å². The maximum Gasteiger partial charge on any atom is 0.260 e. The number of anilines is 1. The van der Waals surface area contributed by atoms with Gasteiger partial charge in [-0.15, -0.1) is 0 Å². The molecule has 1 unspecified atom stereocenters. The maximum atomic E-state index is 12.9. The number of phenolic OH excluding ortho intramolecular Hbond substituents is 1. The molecule has 3 N–H and O–H groups in total. The summed E-state index contributed by atoms with van der Waals surface area (Å²) in [7, 11) is 0. The zero-order chi connectivity index (χ0) is 16.7. The molecular weight excluding hydrogens is 314 g/mol. The number of amides is 1. The third-order valence-electron chi connectivity index (χ3n) is 3.98. The zero-order valence-electron chi connectivity index (χ0n) is 12.8. The van der Waals surface area contributed by atoms with E-state index in [1.807, 2.05) is 13.8 Å². The fourth-order valence-corrected chi connectivity index (χ4v) is 3.32. The fourth-order valence-electron chi connectivity index (χ4n) is 2.92. The van der Waals surface area contributed by atoms with Crippen LogP contribution in [0.5, 0.6) is 5.75 Å². The molecule has 120 valence electrons. The van der Waals surface area contributed by atoms with Crippen LogP contribution in [-0.4, -0.2) is 20.6 Å². The number of benzene rings is 1. The minimum atomic E-state index is -0.372. The molecule has 1 aromatic carbocycles. The number of aromatic hydroxyl groups is 1. The number of fused-ring (bicyclic) bond motifs is 1. The Hall–Kier alpha value is -2.41. The highest BCUT2D eigenvalue weighted by molar-refractivity contribution is 7.71. The topological polar surface area (TPSA) is 87.1 Å². The van der Waals surface area contributed by atoms with Crippen LogP contribution in [0.25, 0.3) is 0 Å². The lowest BCUT2D eigenvalue weighted by Gasteiger charge is -2.26. The summed E-state index contributed by atoms with van der Waals surface area (Å²) in [5.41, 5.74) is 1.10. The molecule has 23 heavy (non-hydrogen) atoms. The van der Waals surface area contributed by atoms with Crippen LogP contribution >= 0.6 is 12.2 Å². The molecule has 2 heterocycles. The number of carbonyl (C=O) groups excluding carboxylic acids is 1. The minimum Gasteiger partial charge on any atom is -0.508 e. The van der Waals surface area contributed by atoms with Crippen molar-refractivity contribution in [3.05, 3.63) is 50.5 Å². The molecule has 2 aromatic rings. The van der Waals surface area contributed by atoms with Crippen molar-refractivity contribution in [1.82, 2.24) is 9.55 Å². The molecule has 1 atom stereocenters. The molecule has 7 heteroatoms. The Morgan fingerprint density at radius 1 is 1.26 bits per heavy atom. The predicted molar refractivity (Wildman–Crippen MR) is 89.5 cm³/mol. The lowest BCUT2D eigenvalue weighted by molar-refractivity contribution is -0.116. The average Bonchev–Trinajstić information content (AvgIpc) is 2.46. The summed E-state index contributed by atoms with van der Waals surface area (Å²) < 4.78 is 1.80. The van der Waals surface area contributed by atoms with Crippen molar-refractivity contribution in [2.24, 2.45) is 0 Å². The second-order valence-corrected chi connectivity index (χ2v) is 6.27. The number of aromatic nitrogens is 2. The Kier molecular flexibility index (Phi) is 3.81. The number of H-pyrrole nitrogens is 1. The number of phenols is 1. The quantitative estimate of drug-likeness (QED) is 0.738. The second-order valence-electron chi connectivity index (χ2n) is 5.88. The van der Waals surface area contributed by atoms with Crippen molar-refractivity contribution in [2.45, 2.75) is 32.2 Å². The van der Waals surface area contributed by atoms with Crippen molar-refractivity contribution in [3.63, 3.8) is 0 Å². The van der Waals surface area contributed by atoms with E-state index in [2.05, 4.69) is 10.3 Å². The van der Waals surface area contributed by atoms with Gasteiger partial charge in [-0.3, -0.25) is 14.2 Å². The summed E-state index contributed by atoms with van der Waals surface area (Å²) in [6, 6.07) is 6.46. The lowest BCUT2D eigenvalue weighted by atomic mass is 9.87. The van der Waals surface area contributed by atoms with Crippen molar-refractivity contribution in [2.75, 3.05) is 5.32 Å². The second kappa shape index (κ2) is 5.66. The van der Waals surface area contributed by atoms with Gasteiger partial charge in [0.1, 0.15) is 11.6 Å². The highest BCUT2D eigenvalue weighted by atomic mass is 32.1. The first-order valence-corrected chi connectivity index (χ1v) is 7.76. The van der Waals surface area contributed by atoms with E-state index in [1.54, 1.807) is 24.3 Å². The van der Waals surface area contributed by atoms with Gasteiger partial charge < -0.3 is 15.4 Å². The molecule has 0 saturated heterocycles. The van der Waals surface area contributed by atoms with E-state index in [1.165, 1.54) is 4.57 Å². The first-order chi connectivity index (χ1) is 10.9. The summed E-state index contributed by atoms with van der Waals surface area (Å²) >= 11 is 5.24. The number of nitrogens with zero attached hydrogens (tertiary/aromatic N) is 1. The standard InChI is InChI=1S/C16H17N3O3S/c1-8(2)19-15(22)13-11(9-3-5-10(20)6-4-9)7-12(21)17-14(13)18-16(19)23/h3-6,8,11,20H,7H2,1-2H3,(H,17,21)(H,18,23). The fraction of sp³-hybridized carbons (Fsp3) is 0.312. The van der Waals surface area contributed by atoms with E-state index in [4.69, 9.17) is 12.2 Å². The van der Waals surface area contributed by atoms with Crippen LogP contribution < -0.4 is 10.9 Å². The van der Waals surface area contributed by atoms with Gasteiger partial charge in [0, 0.05) is 18.4 Å². The Bertz CT molecular complexity index is 881. The summed E-state index contributed by atoms with van der Waals surface area (Å²) in [6.07, 6.45) is 0.176. The number of hydrogen-bond donors (Lipinski definition) is 3. The SMILES string of the molecule is CC(C)n1c(=S)[nH]c2c(c1=O)C(c1ccc(O)cc1)CC(=O)N2. The lowest BCUT2D eigenvalue weighted by Crippen LogP contribution is -2.35. The molecule has 6 nitrogen and oxygen atoms in total. The number of aromatic amines is 1. The van der Waals surface area contributed by atoms with Crippen molar-refractivity contribution in [3.8, 4) is 5.75 Å². The smallest absolute Gasteiger partial charge is 0.260 e. The monoisotopic (exact) mass is 331 g/mol. The molecular formula is C16H17N3O3S. The van der Waals surface area contributed by atoms with E-state index < -0.39 is 0 Å². The Labute approximate surface area is 137 Å². The molecule has 0 bridgehead atoms. The number of carbonyl (C=O) groups is 1. The number of hydrogen-bond acceptors (Lipinski definition) is 4. The van der Waals surface area contributed by atoms with Gasteiger partial charge in [-0.1, -0.05) is 12.1 Å². The van der Waals surface area contributed by atoms with Crippen LogP contribution in [0, 0.1) is 4.77 Å². The summed E-state index contributed by atoms with van der Waals surface area (Å²) in [6.45, 7) is 3.77. The van der Waals surface area contributed by atoms with Crippen LogP contribution in [0.15, 0.2) is 29.1 Å². The summed E-state index contributed by atoms with van der Waals surface area (Å²) in [5, 5.41) is 12.1. The molecule has 0 aliphatic carbocycles. The van der Waals surface area contributed by atoms with Gasteiger partial charge in [-0.2, -0.15) is 0 Å². The molecule has 0 saturated carbocycles. The Balaban J connectivity index is 2.25. The maximum absolute atomic E-state index is 12.9. The molecule has 1 aromatic heterocycles. The first kappa shape index (κ1) is 15.5. The molecule has 0 spiro atoms. The van der Waals surface area contributed by atoms with Crippen molar-refractivity contribution < 1.29 is 9.90 Å². The van der Waals surface area contributed by atoms with Gasteiger partial charge in [-0.05, 0) is 43.8 Å². The molecule has 0 fully saturated rings. The van der Waals surface area contributed by atoms with E-state index in [0.717, 1.165) is 5.56 Å². The van der Waals surface area contributed by atoms with Gasteiger partial charge in [0.2, 0.25) is 5.91 Å². The van der Waals surface area contributed by atoms with Gasteiger partial charge in [0.25, 0.3) is 5.56 Å². The van der Waals surface area contributed by atoms with Crippen LogP contribution in [0.2, 0.25) is 0 Å². The molecule has 0 radical (unpaired) electrons. The van der Waals surface area contributed by atoms with Crippen LogP contribution in [-0.2, 0) is 4.79 Å². The first-order valence-electron chi connectivity index (χ1n) is 7.36. The van der Waals surface area contributed by atoms with Crippen molar-refractivity contribution >= 4 is 23.9 Å². The average molecular weight is 331 g/mol. The van der Waals surface area contributed by atoms with Gasteiger partial charge in [0.15, 0.2) is 4.77 Å². The highest BCUT2D eigenvalue weighted by Crippen LogP contribution is 2.34. The summed E-state index contributed by atoms with van der Waals surface area (Å²) in [4.78, 5) is 27.9. The largest absolute Gasteiger partial charge is 0.508 e. The molecule has 1 aliphatic heterocycles. The Morgan fingerprint density at radius 2 is 1.91 bits per heavy atom. The molecule has 3 rings (SSSR count). The van der Waals surface area contributed by atoms with Gasteiger partial charge >= 0.3 is 0 Å². The third-order valence-corrected chi connectivity index (χ3v) is 4.28. The van der Waals surface area contributed by atoms with Gasteiger partial charge in [0.05, 0.1) is 5.56 Å². The van der Waals surface area contributed by atoms with E-state index in [9.17, 15) is 14.7 Å². The van der Waals surface area contributed by atoms with Crippen LogP contribution in [0.4, 0.5) is 5.82 Å². The predicted octanol–water partition coefficient (Wildman–Crippen LogP) is 2.67. The van der Waals surface area contributed by atoms with E-state index >= 15 is 0 Å². The molecule has 1 aliphatic rings. The minimum absolute atomic E-state index is 0.0883. The summed E-state index contributed by atoms with van der Waals surface area (Å²) in [5.74, 6) is -0.0425. The Morgan fingerprint density at radius 3 is 2.52 bits per heavy atom. The molecule has 1 amide bonds. The zero-order valence-corrected chi connectivity index (χ0v) is 13.6. The van der Waals surface area contributed by atoms with Crippen LogP contribution in [0.3, 0.4) is 0 Å². The van der Waals surface area contributed by atoms with E-state index in [0.29, 0.717) is 11.4 Å². The number of nitrogens with one attached hydrogen (secondary N) is 2. The number of rotatable bonds is 2. The normalized spacial score (nSPS) is 17.0. The van der Waals surface area contributed by atoms with Crippen molar-refractivity contribution in [1.29, 1.82) is 0 Å². The third kappa shape index (κ3) is 2.68.